The van der Waals surface area contributed by atoms with Gasteiger partial charge in [0.25, 0.3) is 0 Å². The van der Waals surface area contributed by atoms with E-state index in [2.05, 4.69) is 6.08 Å². The summed E-state index contributed by atoms with van der Waals surface area (Å²) >= 11 is 0. The van der Waals surface area contributed by atoms with Gasteiger partial charge >= 0.3 is 0 Å². The van der Waals surface area contributed by atoms with Crippen molar-refractivity contribution in [3.8, 4) is 0 Å². The van der Waals surface area contributed by atoms with Crippen LogP contribution in [-0.2, 0) is 33.2 Å². The summed E-state index contributed by atoms with van der Waals surface area (Å²) in [5.74, 6) is -0.127. The van der Waals surface area contributed by atoms with Crippen LogP contribution >= 0.6 is 0 Å². The first-order valence-electron chi connectivity index (χ1n) is 19.1. The number of aliphatic hydroxyl groups is 4. The third kappa shape index (κ3) is 7.56. The number of rotatable bonds is 7. The minimum Gasteiger partial charge on any atom is -0.390 e. The molecule has 0 aromatic rings. The van der Waals surface area contributed by atoms with Gasteiger partial charge in [0.15, 0.2) is 0 Å². The first-order valence-corrected chi connectivity index (χ1v) is 19.1. The average molecular weight is 707 g/mol. The Balaban J connectivity index is 1.12. The van der Waals surface area contributed by atoms with E-state index in [9.17, 15) is 25.2 Å². The Morgan fingerprint density at radius 3 is 2.24 bits per heavy atom. The monoisotopic (exact) mass is 706 g/mol. The first-order chi connectivity index (χ1) is 23.6. The van der Waals surface area contributed by atoms with Gasteiger partial charge < -0.3 is 48.8 Å². The second-order valence-corrected chi connectivity index (χ2v) is 17.0. The molecule has 11 nitrogen and oxygen atoms in total. The topological polar surface area (TPSA) is 153 Å². The number of hydrogen-bond donors (Lipinski definition) is 4. The van der Waals surface area contributed by atoms with E-state index < -0.39 is 53.4 Å². The van der Waals surface area contributed by atoms with Crippen molar-refractivity contribution < 1.29 is 53.6 Å². The molecule has 0 saturated carbocycles. The summed E-state index contributed by atoms with van der Waals surface area (Å²) in [6.45, 7) is 13.8. The minimum atomic E-state index is -0.973. The smallest absolute Gasteiger partial charge is 0.143 e. The van der Waals surface area contributed by atoms with E-state index in [0.717, 1.165) is 30.3 Å². The van der Waals surface area contributed by atoms with Crippen LogP contribution in [0.1, 0.15) is 113 Å². The van der Waals surface area contributed by atoms with Crippen molar-refractivity contribution in [3.05, 3.63) is 23.3 Å². The fourth-order valence-electron chi connectivity index (χ4n) is 9.55. The molecule has 0 amide bonds. The second-order valence-electron chi connectivity index (χ2n) is 17.0. The van der Waals surface area contributed by atoms with Gasteiger partial charge in [0.05, 0.1) is 83.9 Å². The van der Waals surface area contributed by atoms with E-state index in [-0.39, 0.29) is 48.6 Å². The Hall–Kier alpha value is -1.25. The largest absolute Gasteiger partial charge is 0.390 e. The van der Waals surface area contributed by atoms with Crippen LogP contribution in [0.3, 0.4) is 0 Å². The molecule has 50 heavy (non-hydrogen) atoms. The highest BCUT2D eigenvalue weighted by Gasteiger charge is 2.58. The maximum atomic E-state index is 11.6. The highest BCUT2D eigenvalue weighted by atomic mass is 16.6. The van der Waals surface area contributed by atoms with Gasteiger partial charge in [0.1, 0.15) is 18.5 Å². The van der Waals surface area contributed by atoms with Crippen LogP contribution in [0.4, 0.5) is 0 Å². The molecule has 6 aliphatic heterocycles. The zero-order valence-corrected chi connectivity index (χ0v) is 31.0. The van der Waals surface area contributed by atoms with Gasteiger partial charge in [0.2, 0.25) is 0 Å². The number of allylic oxidation sites excluding steroid dienone is 4. The average Bonchev–Trinajstić information content (AvgIpc) is 3.25. The van der Waals surface area contributed by atoms with Gasteiger partial charge in [-0.15, -0.1) is 0 Å². The first kappa shape index (κ1) is 38.5. The normalized spacial score (nSPS) is 51.7. The van der Waals surface area contributed by atoms with Crippen molar-refractivity contribution in [3.63, 3.8) is 0 Å². The quantitative estimate of drug-likeness (QED) is 0.174. The molecule has 4 N–H and O–H groups in total. The number of aldehydes is 1. The molecular formula is C39H62O11. The molecule has 0 radical (unpaired) electrons. The second kappa shape index (κ2) is 14.9. The molecule has 0 unspecified atom stereocenters. The summed E-state index contributed by atoms with van der Waals surface area (Å²) in [6.07, 6.45) is 3.85. The van der Waals surface area contributed by atoms with Crippen molar-refractivity contribution in [2.75, 3.05) is 0 Å². The van der Waals surface area contributed by atoms with Crippen molar-refractivity contribution in [2.45, 2.75) is 209 Å². The fourth-order valence-corrected chi connectivity index (χ4v) is 9.55. The SMILES string of the molecule is CC(=C\C=O)/C(C)=C/CC[C@H]1O[C@H]2C[C@H]3O[C@@](C)(C[C@H]4C[C@@H](O)[C@H]5O[C@H]6C[C@H](O)[C@H](C)O[C@]6(C)CC[C@@H]5O4)[C@H](O)CC[C@]3(C)O[C@@H]2[C@H](O)[C@H]1C. The zero-order valence-electron chi connectivity index (χ0n) is 31.0. The van der Waals surface area contributed by atoms with Crippen molar-refractivity contribution in [1.29, 1.82) is 0 Å². The molecular weight excluding hydrogens is 644 g/mol. The zero-order chi connectivity index (χ0) is 36.2. The molecule has 6 rings (SSSR count). The molecule has 6 heterocycles. The molecule has 0 aromatic carbocycles. The van der Waals surface area contributed by atoms with E-state index in [4.69, 9.17) is 28.4 Å². The molecule has 17 atom stereocenters. The van der Waals surface area contributed by atoms with Gasteiger partial charge in [-0.1, -0.05) is 18.6 Å². The summed E-state index contributed by atoms with van der Waals surface area (Å²) in [4.78, 5) is 10.9. The summed E-state index contributed by atoms with van der Waals surface area (Å²) in [5.41, 5.74) is -0.285. The third-order valence-electron chi connectivity index (χ3n) is 13.2. The lowest BCUT2D eigenvalue weighted by Gasteiger charge is -2.54. The van der Waals surface area contributed by atoms with Crippen LogP contribution < -0.4 is 0 Å². The van der Waals surface area contributed by atoms with Gasteiger partial charge in [-0.05, 0) is 91.7 Å². The van der Waals surface area contributed by atoms with Gasteiger partial charge in [-0.25, -0.2) is 0 Å². The molecule has 11 heteroatoms. The molecule has 0 aliphatic carbocycles. The summed E-state index contributed by atoms with van der Waals surface area (Å²) in [6, 6.07) is 0. The van der Waals surface area contributed by atoms with Crippen LogP contribution in [0.2, 0.25) is 0 Å². The predicted molar refractivity (Wildman–Crippen MR) is 184 cm³/mol. The Morgan fingerprint density at radius 2 is 1.50 bits per heavy atom. The molecule has 284 valence electrons. The summed E-state index contributed by atoms with van der Waals surface area (Å²) in [5, 5.41) is 45.0. The Morgan fingerprint density at radius 1 is 0.780 bits per heavy atom. The van der Waals surface area contributed by atoms with Crippen LogP contribution in [0.15, 0.2) is 23.3 Å². The van der Waals surface area contributed by atoms with Crippen molar-refractivity contribution in [1.82, 2.24) is 0 Å². The molecule has 6 fully saturated rings. The standard InChI is InChI=1S/C39H62O11/c1-21(22(2)13-16-40)9-8-10-28-23(3)34(44)36-30(46-28)19-33-38(6,50-36)15-12-31(43)39(7,49-33)20-25-17-27(42)35-29(45-25)11-14-37(5)32(47-35)18-26(41)24(4)48-37/h9,13,16,23-36,41-44H,8,10-12,14-15,17-20H2,1-7H3/b21-9+,22-13+/t23-,24-,25+,26-,27+,28+,29-,30-,31+,32-,33+,34+,35+,36-,37+,38-,39-/m0/s1. The third-order valence-corrected chi connectivity index (χ3v) is 13.2. The van der Waals surface area contributed by atoms with E-state index in [0.29, 0.717) is 51.4 Å². The van der Waals surface area contributed by atoms with E-state index >= 15 is 0 Å². The minimum absolute atomic E-state index is 0.127. The lowest BCUT2D eigenvalue weighted by molar-refractivity contribution is -0.312. The number of hydrogen-bond acceptors (Lipinski definition) is 11. The Bertz CT molecular complexity index is 1270. The maximum Gasteiger partial charge on any atom is 0.143 e. The van der Waals surface area contributed by atoms with Crippen LogP contribution in [0.5, 0.6) is 0 Å². The Kier molecular flexibility index (Phi) is 11.4. The van der Waals surface area contributed by atoms with Crippen LogP contribution in [0.25, 0.3) is 0 Å². The molecule has 0 bridgehead atoms. The van der Waals surface area contributed by atoms with Crippen molar-refractivity contribution >= 4 is 6.29 Å². The fraction of sp³-hybridized carbons (Fsp3) is 0.872. The Labute approximate surface area is 297 Å². The summed E-state index contributed by atoms with van der Waals surface area (Å²) in [7, 11) is 0. The van der Waals surface area contributed by atoms with E-state index in [1.807, 2.05) is 48.5 Å². The molecule has 0 spiro atoms. The predicted octanol–water partition coefficient (Wildman–Crippen LogP) is 3.85. The van der Waals surface area contributed by atoms with Crippen LogP contribution in [0, 0.1) is 5.92 Å². The number of aliphatic hydroxyl groups excluding tert-OH is 4. The van der Waals surface area contributed by atoms with E-state index in [1.165, 1.54) is 0 Å². The lowest BCUT2D eigenvalue weighted by atomic mass is 9.78. The highest BCUT2D eigenvalue weighted by molar-refractivity contribution is 5.67. The van der Waals surface area contributed by atoms with Crippen molar-refractivity contribution in [2.24, 2.45) is 5.92 Å². The lowest BCUT2D eigenvalue weighted by Crippen LogP contribution is -2.65. The van der Waals surface area contributed by atoms with Gasteiger partial charge in [-0.2, -0.15) is 0 Å². The number of carbonyl (C=O) groups excluding carboxylic acids is 1. The van der Waals surface area contributed by atoms with Gasteiger partial charge in [-0.3, -0.25) is 4.79 Å². The molecule has 0 aromatic heterocycles. The van der Waals surface area contributed by atoms with E-state index in [1.54, 1.807) is 6.08 Å². The molecule has 6 saturated heterocycles. The van der Waals surface area contributed by atoms with Crippen LogP contribution in [-0.4, -0.2) is 123 Å². The number of ether oxygens (including phenoxy) is 6. The molecule has 6 aliphatic rings. The summed E-state index contributed by atoms with van der Waals surface area (Å²) < 4.78 is 39.7. The number of carbonyl (C=O) groups is 1. The highest BCUT2D eigenvalue weighted by Crippen LogP contribution is 2.48. The maximum absolute atomic E-state index is 11.6. The number of fused-ring (bicyclic) bond motifs is 4. The van der Waals surface area contributed by atoms with Gasteiger partial charge in [0, 0.05) is 31.6 Å².